The molecule has 102 valence electrons. The Hall–Kier alpha value is -2.82. The number of carbonyl (C=O) groups excluding carboxylic acids is 1. The van der Waals surface area contributed by atoms with E-state index in [1.54, 1.807) is 12.1 Å². The summed E-state index contributed by atoms with van der Waals surface area (Å²) in [4.78, 5) is 27.7. The lowest BCUT2D eigenvalue weighted by Crippen LogP contribution is -2.29. The zero-order valence-electron chi connectivity index (χ0n) is 10.6. The minimum Gasteiger partial charge on any atom is -0.478 e. The zero-order chi connectivity index (χ0) is 14.4. The summed E-state index contributed by atoms with van der Waals surface area (Å²) in [7, 11) is 0. The summed E-state index contributed by atoms with van der Waals surface area (Å²) in [5.74, 6) is -1.37. The van der Waals surface area contributed by atoms with Gasteiger partial charge >= 0.3 is 5.97 Å². The van der Waals surface area contributed by atoms with Crippen LogP contribution in [0.25, 0.3) is 0 Å². The van der Waals surface area contributed by atoms with Crippen molar-refractivity contribution < 1.29 is 19.5 Å². The van der Waals surface area contributed by atoms with Crippen molar-refractivity contribution in [3.63, 3.8) is 0 Å². The Morgan fingerprint density at radius 3 is 2.35 bits per heavy atom. The van der Waals surface area contributed by atoms with Crippen molar-refractivity contribution in [2.24, 2.45) is 0 Å². The smallest absolute Gasteiger partial charge is 0.339 e. The Morgan fingerprint density at radius 1 is 1.00 bits per heavy atom. The number of benzene rings is 2. The predicted molar refractivity (Wildman–Crippen MR) is 72.3 cm³/mol. The molecule has 0 radical (unpaired) electrons. The molecule has 0 aromatic heterocycles. The molecule has 20 heavy (non-hydrogen) atoms. The minimum absolute atomic E-state index is 0.00693. The van der Waals surface area contributed by atoms with Crippen molar-refractivity contribution in [2.75, 3.05) is 0 Å². The summed E-state index contributed by atoms with van der Waals surface area (Å²) < 4.78 is 0. The molecule has 0 unspecified atom stereocenters. The van der Waals surface area contributed by atoms with Crippen LogP contribution in [0.15, 0.2) is 54.6 Å². The fraction of sp³-hybridized carbons (Fsp3) is 0.0667. The third-order valence-corrected chi connectivity index (χ3v) is 2.60. The fourth-order valence-corrected chi connectivity index (χ4v) is 1.66. The third kappa shape index (κ3) is 3.58. The van der Waals surface area contributed by atoms with Crippen molar-refractivity contribution in [2.45, 2.75) is 6.42 Å². The number of rotatable bonds is 5. The molecule has 2 aromatic carbocycles. The monoisotopic (exact) mass is 271 g/mol. The summed E-state index contributed by atoms with van der Waals surface area (Å²) in [6.45, 7) is 0. The Balaban J connectivity index is 1.96. The number of nitrogens with one attached hydrogen (secondary N) is 1. The number of para-hydroxylation sites is 1. The van der Waals surface area contributed by atoms with Crippen LogP contribution in [0.5, 0.6) is 5.75 Å². The third-order valence-electron chi connectivity index (χ3n) is 2.60. The van der Waals surface area contributed by atoms with Crippen LogP contribution in [-0.2, 0) is 11.2 Å². The van der Waals surface area contributed by atoms with Crippen LogP contribution in [0.1, 0.15) is 15.9 Å². The van der Waals surface area contributed by atoms with Crippen LogP contribution >= 0.6 is 0 Å². The lowest BCUT2D eigenvalue weighted by atomic mass is 10.1. The number of carbonyl (C=O) groups is 2. The second kappa shape index (κ2) is 6.38. The molecule has 0 heterocycles. The van der Waals surface area contributed by atoms with Crippen molar-refractivity contribution >= 4 is 11.9 Å². The number of hydrogen-bond acceptors (Lipinski definition) is 3. The van der Waals surface area contributed by atoms with Gasteiger partial charge in [-0.15, -0.1) is 0 Å². The van der Waals surface area contributed by atoms with Crippen molar-refractivity contribution in [3.05, 3.63) is 65.7 Å². The number of carboxylic acid groups (broad SMARTS) is 1. The highest BCUT2D eigenvalue weighted by Crippen LogP contribution is 2.16. The second-order valence-electron chi connectivity index (χ2n) is 4.09. The lowest BCUT2D eigenvalue weighted by Gasteiger charge is -2.09. The molecule has 0 aliphatic heterocycles. The quantitative estimate of drug-likeness (QED) is 0.816. The van der Waals surface area contributed by atoms with Gasteiger partial charge in [0.25, 0.3) is 5.91 Å². The van der Waals surface area contributed by atoms with Crippen LogP contribution in [0, 0.1) is 0 Å². The van der Waals surface area contributed by atoms with Crippen LogP contribution in [-0.4, -0.2) is 17.0 Å². The summed E-state index contributed by atoms with van der Waals surface area (Å²) >= 11 is 0. The van der Waals surface area contributed by atoms with E-state index in [-0.39, 0.29) is 23.6 Å². The fourth-order valence-electron chi connectivity index (χ4n) is 1.66. The molecule has 0 saturated heterocycles. The highest BCUT2D eigenvalue weighted by atomic mass is 16.7. The van der Waals surface area contributed by atoms with Gasteiger partial charge in [0.1, 0.15) is 5.56 Å². The largest absolute Gasteiger partial charge is 0.478 e. The minimum atomic E-state index is -1.11. The number of carboxylic acids is 1. The second-order valence-corrected chi connectivity index (χ2v) is 4.09. The average Bonchev–Trinajstić information content (AvgIpc) is 2.46. The maximum Gasteiger partial charge on any atom is 0.339 e. The molecule has 5 heteroatoms. The normalized spacial score (nSPS) is 9.80. The van der Waals surface area contributed by atoms with Crippen molar-refractivity contribution in [1.82, 2.24) is 5.48 Å². The summed E-state index contributed by atoms with van der Waals surface area (Å²) in [5.41, 5.74) is 3.08. The van der Waals surface area contributed by atoms with Crippen LogP contribution in [0.3, 0.4) is 0 Å². The number of hydrogen-bond donors (Lipinski definition) is 2. The average molecular weight is 271 g/mol. The molecule has 2 rings (SSSR count). The van der Waals surface area contributed by atoms with E-state index in [0.717, 1.165) is 5.56 Å². The first-order valence-corrected chi connectivity index (χ1v) is 5.99. The molecule has 2 aromatic rings. The van der Waals surface area contributed by atoms with E-state index in [1.165, 1.54) is 12.1 Å². The van der Waals surface area contributed by atoms with E-state index in [1.807, 2.05) is 30.3 Å². The number of aromatic carboxylic acids is 1. The van der Waals surface area contributed by atoms with Gasteiger partial charge in [-0.2, -0.15) is 5.48 Å². The van der Waals surface area contributed by atoms with Gasteiger partial charge in [0.2, 0.25) is 0 Å². The first-order valence-electron chi connectivity index (χ1n) is 5.99. The van der Waals surface area contributed by atoms with E-state index in [2.05, 4.69) is 5.48 Å². The van der Waals surface area contributed by atoms with E-state index in [4.69, 9.17) is 9.94 Å². The Morgan fingerprint density at radius 2 is 1.65 bits per heavy atom. The topological polar surface area (TPSA) is 75.6 Å². The highest BCUT2D eigenvalue weighted by molar-refractivity contribution is 5.90. The van der Waals surface area contributed by atoms with Gasteiger partial charge in [0.05, 0.1) is 6.42 Å². The molecule has 0 atom stereocenters. The zero-order valence-corrected chi connectivity index (χ0v) is 10.6. The highest BCUT2D eigenvalue weighted by Gasteiger charge is 2.11. The molecule has 5 nitrogen and oxygen atoms in total. The van der Waals surface area contributed by atoms with Crippen LogP contribution in [0.4, 0.5) is 0 Å². The van der Waals surface area contributed by atoms with E-state index in [9.17, 15) is 9.59 Å². The van der Waals surface area contributed by atoms with Gasteiger partial charge < -0.3 is 9.94 Å². The molecule has 0 bridgehead atoms. The summed E-state index contributed by atoms with van der Waals surface area (Å²) in [6.07, 6.45) is 0.163. The molecule has 1 amide bonds. The van der Waals surface area contributed by atoms with Gasteiger partial charge in [-0.25, -0.2) is 4.79 Å². The van der Waals surface area contributed by atoms with Gasteiger partial charge in [-0.1, -0.05) is 42.5 Å². The van der Waals surface area contributed by atoms with Crippen molar-refractivity contribution in [1.29, 1.82) is 0 Å². The lowest BCUT2D eigenvalue weighted by molar-refractivity contribution is -0.127. The van der Waals surface area contributed by atoms with Crippen LogP contribution < -0.4 is 10.3 Å². The SMILES string of the molecule is O=C(Cc1ccccc1)NOc1ccccc1C(=O)O. The molecule has 0 fully saturated rings. The molecular weight excluding hydrogens is 258 g/mol. The van der Waals surface area contributed by atoms with Gasteiger partial charge in [-0.05, 0) is 17.7 Å². The summed E-state index contributed by atoms with van der Waals surface area (Å²) in [5, 5.41) is 8.97. The molecular formula is C15H13NO4. The van der Waals surface area contributed by atoms with Gasteiger partial charge in [-0.3, -0.25) is 4.79 Å². The van der Waals surface area contributed by atoms with Gasteiger partial charge in [0, 0.05) is 0 Å². The Labute approximate surface area is 115 Å². The first kappa shape index (κ1) is 13.6. The molecule has 0 saturated carbocycles. The van der Waals surface area contributed by atoms with E-state index < -0.39 is 5.97 Å². The molecule has 0 aliphatic carbocycles. The van der Waals surface area contributed by atoms with E-state index >= 15 is 0 Å². The maximum absolute atomic E-state index is 11.7. The standard InChI is InChI=1S/C15H13NO4/c17-14(10-11-6-2-1-3-7-11)16-20-13-9-5-4-8-12(13)15(18)19/h1-9H,10H2,(H,16,17)(H,18,19). The number of amides is 1. The van der Waals surface area contributed by atoms with E-state index in [0.29, 0.717) is 0 Å². The van der Waals surface area contributed by atoms with Gasteiger partial charge in [0.15, 0.2) is 5.75 Å². The first-order chi connectivity index (χ1) is 9.66. The predicted octanol–water partition coefficient (Wildman–Crippen LogP) is 2.04. The molecule has 2 N–H and O–H groups in total. The van der Waals surface area contributed by atoms with Crippen LogP contribution in [0.2, 0.25) is 0 Å². The Kier molecular flexibility index (Phi) is 4.34. The molecule has 0 aliphatic rings. The maximum atomic E-state index is 11.7. The number of hydroxylamine groups is 1. The Bertz CT molecular complexity index is 610. The molecule has 0 spiro atoms. The summed E-state index contributed by atoms with van der Waals surface area (Å²) in [6, 6.07) is 15.3. The van der Waals surface area contributed by atoms with Crippen molar-refractivity contribution in [3.8, 4) is 5.75 Å².